The average molecular weight is 187 g/mol. The van der Waals surface area contributed by atoms with Gasteiger partial charge in [0.2, 0.25) is 0 Å². The molecule has 2 N–H and O–H groups in total. The Bertz CT molecular complexity index is 234. The minimum atomic E-state index is -1.53. The summed E-state index contributed by atoms with van der Waals surface area (Å²) in [5.74, 6) is 0. The summed E-state index contributed by atoms with van der Waals surface area (Å²) in [4.78, 5) is 0. The van der Waals surface area contributed by atoms with Crippen LogP contribution in [0.15, 0.2) is 30.3 Å². The van der Waals surface area contributed by atoms with Gasteiger partial charge in [-0.2, -0.15) is 0 Å². The van der Waals surface area contributed by atoms with Crippen LogP contribution in [0.1, 0.15) is 5.56 Å². The fraction of sp³-hybridized carbons (Fsp3) is 0.333. The highest BCUT2D eigenvalue weighted by Gasteiger charge is 2.21. The summed E-state index contributed by atoms with van der Waals surface area (Å²) in [5, 5.41) is 16.4. The molecule has 1 rings (SSSR count). The predicted octanol–water partition coefficient (Wildman–Crippen LogP) is 1.15. The van der Waals surface area contributed by atoms with Crippen LogP contribution in [0.5, 0.6) is 0 Å². The maximum absolute atomic E-state index is 9.29. The predicted molar refractivity (Wildman–Crippen MR) is 48.0 cm³/mol. The lowest BCUT2D eigenvalue weighted by atomic mass is 10.1. The van der Waals surface area contributed by atoms with Crippen LogP contribution in [0.25, 0.3) is 0 Å². The summed E-state index contributed by atoms with van der Waals surface area (Å²) >= 11 is 5.56. The van der Waals surface area contributed by atoms with Crippen molar-refractivity contribution in [3.05, 3.63) is 35.9 Å². The van der Waals surface area contributed by atoms with Crippen LogP contribution < -0.4 is 0 Å². The lowest BCUT2D eigenvalue weighted by Gasteiger charge is -2.17. The molecule has 0 radical (unpaired) electrons. The van der Waals surface area contributed by atoms with Crippen LogP contribution in [-0.4, -0.2) is 21.9 Å². The van der Waals surface area contributed by atoms with E-state index in [1.807, 2.05) is 30.3 Å². The van der Waals surface area contributed by atoms with Gasteiger partial charge in [0, 0.05) is 6.42 Å². The van der Waals surface area contributed by atoms with E-state index in [1.165, 1.54) is 0 Å². The second-order valence-electron chi connectivity index (χ2n) is 2.74. The maximum atomic E-state index is 9.29. The van der Waals surface area contributed by atoms with Crippen LogP contribution in [0.2, 0.25) is 0 Å². The van der Waals surface area contributed by atoms with E-state index in [9.17, 15) is 5.11 Å². The number of aliphatic hydroxyl groups excluding tert-OH is 1. The highest BCUT2D eigenvalue weighted by atomic mass is 35.5. The van der Waals surface area contributed by atoms with Crippen molar-refractivity contribution in [2.75, 3.05) is 6.61 Å². The number of alkyl halides is 1. The summed E-state index contributed by atoms with van der Waals surface area (Å²) in [7, 11) is 0. The first kappa shape index (κ1) is 9.52. The molecule has 0 saturated carbocycles. The number of rotatable bonds is 3. The zero-order valence-corrected chi connectivity index (χ0v) is 7.33. The molecule has 2 nitrogen and oxygen atoms in total. The normalized spacial score (nSPS) is 15.6. The molecule has 0 aliphatic heterocycles. The SMILES string of the molecule is OCC(O)(Cl)Cc1ccccc1. The minimum Gasteiger partial charge on any atom is -0.392 e. The smallest absolute Gasteiger partial charge is 0.165 e. The third-order valence-corrected chi connectivity index (χ3v) is 1.81. The van der Waals surface area contributed by atoms with Gasteiger partial charge in [0.1, 0.15) is 0 Å². The molecule has 0 aliphatic carbocycles. The van der Waals surface area contributed by atoms with E-state index in [0.717, 1.165) is 5.56 Å². The van der Waals surface area contributed by atoms with Crippen molar-refractivity contribution in [2.45, 2.75) is 11.5 Å². The topological polar surface area (TPSA) is 40.5 Å². The molecular formula is C9H11ClO2. The average Bonchev–Trinajstić information content (AvgIpc) is 2.06. The Labute approximate surface area is 76.4 Å². The number of hydrogen-bond donors (Lipinski definition) is 2. The lowest BCUT2D eigenvalue weighted by Crippen LogP contribution is -2.28. The zero-order valence-electron chi connectivity index (χ0n) is 6.57. The van der Waals surface area contributed by atoms with Gasteiger partial charge < -0.3 is 10.2 Å². The Hall–Kier alpha value is -0.570. The molecule has 0 bridgehead atoms. The molecule has 12 heavy (non-hydrogen) atoms. The standard InChI is InChI=1S/C9H11ClO2/c10-9(12,7-11)6-8-4-2-1-3-5-8/h1-5,11-12H,6-7H2. The minimum absolute atomic E-state index is 0.256. The molecule has 1 aromatic rings. The maximum Gasteiger partial charge on any atom is 0.165 e. The lowest BCUT2D eigenvalue weighted by molar-refractivity contribution is 0.0583. The third-order valence-electron chi connectivity index (χ3n) is 1.56. The second-order valence-corrected chi connectivity index (χ2v) is 3.44. The summed E-state index contributed by atoms with van der Waals surface area (Å²) in [6.45, 7) is -0.441. The van der Waals surface area contributed by atoms with Crippen LogP contribution in [-0.2, 0) is 6.42 Å². The molecule has 1 unspecified atom stereocenters. The Morgan fingerprint density at radius 3 is 2.33 bits per heavy atom. The van der Waals surface area contributed by atoms with E-state index in [-0.39, 0.29) is 6.42 Å². The fourth-order valence-electron chi connectivity index (χ4n) is 0.965. The summed E-state index contributed by atoms with van der Waals surface area (Å²) < 4.78 is 0. The molecule has 0 aliphatic rings. The van der Waals surface area contributed by atoms with Gasteiger partial charge in [0.25, 0.3) is 0 Å². The summed E-state index contributed by atoms with van der Waals surface area (Å²) in [6.07, 6.45) is 0.256. The van der Waals surface area contributed by atoms with Crippen molar-refractivity contribution in [2.24, 2.45) is 0 Å². The first-order valence-corrected chi connectivity index (χ1v) is 4.08. The molecule has 0 aromatic heterocycles. The number of hydrogen-bond acceptors (Lipinski definition) is 2. The molecule has 0 spiro atoms. The van der Waals surface area contributed by atoms with Crippen LogP contribution in [0, 0.1) is 0 Å². The van der Waals surface area contributed by atoms with Gasteiger partial charge in [-0.25, -0.2) is 0 Å². The second kappa shape index (κ2) is 3.90. The van der Waals surface area contributed by atoms with E-state index in [0.29, 0.717) is 0 Å². The van der Waals surface area contributed by atoms with Crippen molar-refractivity contribution in [3.8, 4) is 0 Å². The summed E-state index contributed by atoms with van der Waals surface area (Å²) in [6, 6.07) is 9.31. The quantitative estimate of drug-likeness (QED) is 0.696. The van der Waals surface area contributed by atoms with Crippen molar-refractivity contribution in [1.82, 2.24) is 0 Å². The largest absolute Gasteiger partial charge is 0.392 e. The van der Waals surface area contributed by atoms with Gasteiger partial charge in [0.15, 0.2) is 5.06 Å². The van der Waals surface area contributed by atoms with E-state index in [1.54, 1.807) is 0 Å². The van der Waals surface area contributed by atoms with Gasteiger partial charge in [-0.15, -0.1) is 0 Å². The number of benzene rings is 1. The van der Waals surface area contributed by atoms with Crippen molar-refractivity contribution in [3.63, 3.8) is 0 Å². The van der Waals surface area contributed by atoms with E-state index in [2.05, 4.69) is 0 Å². The zero-order chi connectivity index (χ0) is 9.03. The molecule has 1 atom stereocenters. The van der Waals surface area contributed by atoms with Crippen molar-refractivity contribution in [1.29, 1.82) is 0 Å². The van der Waals surface area contributed by atoms with E-state index in [4.69, 9.17) is 16.7 Å². The molecule has 1 aromatic carbocycles. The van der Waals surface area contributed by atoms with Crippen LogP contribution in [0.3, 0.4) is 0 Å². The third kappa shape index (κ3) is 2.81. The van der Waals surface area contributed by atoms with Crippen LogP contribution >= 0.6 is 11.6 Å². The first-order chi connectivity index (χ1) is 5.64. The van der Waals surface area contributed by atoms with Crippen molar-refractivity contribution < 1.29 is 10.2 Å². The Kier molecular flexibility index (Phi) is 3.09. The highest BCUT2D eigenvalue weighted by Crippen LogP contribution is 2.16. The Balaban J connectivity index is 2.64. The highest BCUT2D eigenvalue weighted by molar-refractivity contribution is 6.22. The van der Waals surface area contributed by atoms with Gasteiger partial charge in [-0.05, 0) is 5.56 Å². The molecule has 0 fully saturated rings. The molecular weight excluding hydrogens is 176 g/mol. The monoisotopic (exact) mass is 186 g/mol. The Morgan fingerprint density at radius 1 is 1.25 bits per heavy atom. The molecule has 0 saturated heterocycles. The first-order valence-electron chi connectivity index (χ1n) is 3.70. The summed E-state index contributed by atoms with van der Waals surface area (Å²) in [5.41, 5.74) is 0.907. The van der Waals surface area contributed by atoms with Gasteiger partial charge in [-0.3, -0.25) is 0 Å². The van der Waals surface area contributed by atoms with Crippen LogP contribution in [0.4, 0.5) is 0 Å². The molecule has 0 heterocycles. The van der Waals surface area contributed by atoms with E-state index < -0.39 is 11.7 Å². The van der Waals surface area contributed by atoms with Crippen molar-refractivity contribution >= 4 is 11.6 Å². The molecule has 0 amide bonds. The van der Waals surface area contributed by atoms with Gasteiger partial charge in [0.05, 0.1) is 6.61 Å². The number of halogens is 1. The molecule has 3 heteroatoms. The molecule has 66 valence electrons. The Morgan fingerprint density at radius 2 is 1.83 bits per heavy atom. The van der Waals surface area contributed by atoms with Gasteiger partial charge in [-0.1, -0.05) is 41.9 Å². The van der Waals surface area contributed by atoms with Gasteiger partial charge >= 0.3 is 0 Å². The fourth-order valence-corrected chi connectivity index (χ4v) is 1.12. The van der Waals surface area contributed by atoms with E-state index >= 15 is 0 Å². The number of aliphatic hydroxyl groups is 2.